The predicted octanol–water partition coefficient (Wildman–Crippen LogP) is 0.832. The van der Waals surface area contributed by atoms with Crippen LogP contribution in [-0.4, -0.2) is 51.0 Å². The molecule has 1 amide bonds. The van der Waals surface area contributed by atoms with Gasteiger partial charge in [0.25, 0.3) is 0 Å². The average Bonchev–Trinajstić information content (AvgIpc) is 3.23. The van der Waals surface area contributed by atoms with E-state index in [0.717, 1.165) is 5.56 Å². The lowest BCUT2D eigenvalue weighted by Gasteiger charge is -2.21. The van der Waals surface area contributed by atoms with Crippen molar-refractivity contribution < 1.29 is 14.6 Å². The van der Waals surface area contributed by atoms with Gasteiger partial charge in [-0.2, -0.15) is 15.4 Å². The van der Waals surface area contributed by atoms with E-state index >= 15 is 0 Å². The third-order valence-electron chi connectivity index (χ3n) is 4.06. The van der Waals surface area contributed by atoms with Gasteiger partial charge in [0.1, 0.15) is 11.3 Å². The molecule has 1 unspecified atom stereocenters. The molecule has 2 N–H and O–H groups in total. The van der Waals surface area contributed by atoms with Crippen LogP contribution >= 0.6 is 0 Å². The van der Waals surface area contributed by atoms with Gasteiger partial charge < -0.3 is 14.7 Å². The van der Waals surface area contributed by atoms with E-state index in [1.54, 1.807) is 4.90 Å². The van der Waals surface area contributed by atoms with Crippen molar-refractivity contribution in [1.29, 1.82) is 0 Å². The molecule has 1 atom stereocenters. The van der Waals surface area contributed by atoms with Crippen molar-refractivity contribution in [3.05, 3.63) is 47.8 Å². The summed E-state index contributed by atoms with van der Waals surface area (Å²) in [5.41, 5.74) is 0.461. The Kier molecular flexibility index (Phi) is 4.68. The van der Waals surface area contributed by atoms with E-state index in [0.29, 0.717) is 38.3 Å². The summed E-state index contributed by atoms with van der Waals surface area (Å²) in [4.78, 5) is 13.9. The molecule has 7 heteroatoms. The normalized spacial score (nSPS) is 20.8. The Labute approximate surface area is 134 Å². The Balaban J connectivity index is 1.43. The first kappa shape index (κ1) is 15.6. The smallest absolute Gasteiger partial charge is 0.225 e. The number of carbonyl (C=O) groups excluding carboxylic acids is 1. The molecule has 0 bridgehead atoms. The SMILES string of the molecule is O=C(CCOCc1ccccc1)N1CCC(O)(c2cn[nH]n2)C1. The zero-order valence-corrected chi connectivity index (χ0v) is 12.8. The van der Waals surface area contributed by atoms with Crippen molar-refractivity contribution in [2.45, 2.75) is 25.0 Å². The quantitative estimate of drug-likeness (QED) is 0.770. The molecular weight excluding hydrogens is 296 g/mol. The zero-order valence-electron chi connectivity index (χ0n) is 12.8. The average molecular weight is 316 g/mol. The second-order valence-corrected chi connectivity index (χ2v) is 5.74. The lowest BCUT2D eigenvalue weighted by Crippen LogP contribution is -2.35. The maximum atomic E-state index is 12.2. The topological polar surface area (TPSA) is 91.3 Å². The summed E-state index contributed by atoms with van der Waals surface area (Å²) in [6.45, 7) is 1.63. The summed E-state index contributed by atoms with van der Waals surface area (Å²) in [6, 6.07) is 9.84. The fourth-order valence-electron chi connectivity index (χ4n) is 2.72. The fourth-order valence-corrected chi connectivity index (χ4v) is 2.72. The Bertz CT molecular complexity index is 632. The first-order chi connectivity index (χ1) is 11.2. The molecule has 0 saturated carbocycles. The Hall–Kier alpha value is -2.25. The van der Waals surface area contributed by atoms with Crippen LogP contribution in [0.1, 0.15) is 24.1 Å². The van der Waals surface area contributed by atoms with E-state index in [1.165, 1.54) is 6.20 Å². The van der Waals surface area contributed by atoms with Gasteiger partial charge in [-0.3, -0.25) is 4.79 Å². The Morgan fingerprint density at radius 1 is 1.39 bits per heavy atom. The summed E-state index contributed by atoms with van der Waals surface area (Å²) in [6.07, 6.45) is 2.27. The molecule has 1 fully saturated rings. The minimum Gasteiger partial charge on any atom is -0.381 e. The highest BCUT2D eigenvalue weighted by atomic mass is 16.5. The molecule has 1 saturated heterocycles. The molecule has 0 spiro atoms. The Morgan fingerprint density at radius 2 is 2.22 bits per heavy atom. The van der Waals surface area contributed by atoms with Crippen LogP contribution in [-0.2, 0) is 21.7 Å². The van der Waals surface area contributed by atoms with Crippen molar-refractivity contribution in [2.24, 2.45) is 0 Å². The predicted molar refractivity (Wildman–Crippen MR) is 82.2 cm³/mol. The number of hydrogen-bond donors (Lipinski definition) is 2. The van der Waals surface area contributed by atoms with Crippen molar-refractivity contribution in [2.75, 3.05) is 19.7 Å². The minimum absolute atomic E-state index is 0.0162. The first-order valence-electron chi connectivity index (χ1n) is 7.65. The lowest BCUT2D eigenvalue weighted by molar-refractivity contribution is -0.132. The van der Waals surface area contributed by atoms with E-state index in [1.807, 2.05) is 30.3 Å². The molecule has 1 aliphatic heterocycles. The Morgan fingerprint density at radius 3 is 2.96 bits per heavy atom. The maximum Gasteiger partial charge on any atom is 0.225 e. The van der Waals surface area contributed by atoms with E-state index in [4.69, 9.17) is 4.74 Å². The number of β-amino-alcohol motifs (C(OH)–C–C–N with tert-alkyl or cyclic N) is 1. The van der Waals surface area contributed by atoms with Gasteiger partial charge >= 0.3 is 0 Å². The number of hydrogen-bond acceptors (Lipinski definition) is 5. The lowest BCUT2D eigenvalue weighted by atomic mass is 10.0. The van der Waals surface area contributed by atoms with Crippen molar-refractivity contribution in [1.82, 2.24) is 20.3 Å². The summed E-state index contributed by atoms with van der Waals surface area (Å²) in [5, 5.41) is 20.7. The number of aliphatic hydroxyl groups is 1. The fraction of sp³-hybridized carbons (Fsp3) is 0.438. The summed E-state index contributed by atoms with van der Waals surface area (Å²) >= 11 is 0. The van der Waals surface area contributed by atoms with Gasteiger partial charge in [-0.15, -0.1) is 0 Å². The van der Waals surface area contributed by atoms with Crippen LogP contribution in [0.15, 0.2) is 36.5 Å². The number of aromatic amines is 1. The molecule has 23 heavy (non-hydrogen) atoms. The number of aromatic nitrogens is 3. The zero-order chi connectivity index (χ0) is 16.1. The number of nitrogens with one attached hydrogen (secondary N) is 1. The first-order valence-corrected chi connectivity index (χ1v) is 7.65. The van der Waals surface area contributed by atoms with Gasteiger partial charge in [0, 0.05) is 13.0 Å². The van der Waals surface area contributed by atoms with Crippen LogP contribution in [0.3, 0.4) is 0 Å². The monoisotopic (exact) mass is 316 g/mol. The van der Waals surface area contributed by atoms with Crippen molar-refractivity contribution in [3.8, 4) is 0 Å². The van der Waals surface area contributed by atoms with Gasteiger partial charge in [-0.1, -0.05) is 30.3 Å². The van der Waals surface area contributed by atoms with Crippen LogP contribution in [0, 0.1) is 0 Å². The van der Waals surface area contributed by atoms with Crippen LogP contribution in [0.4, 0.5) is 0 Å². The van der Waals surface area contributed by atoms with E-state index in [-0.39, 0.29) is 12.5 Å². The second kappa shape index (κ2) is 6.89. The van der Waals surface area contributed by atoms with Crippen LogP contribution in [0.5, 0.6) is 0 Å². The van der Waals surface area contributed by atoms with Gasteiger partial charge in [0.15, 0.2) is 0 Å². The number of likely N-dealkylation sites (tertiary alicyclic amines) is 1. The second-order valence-electron chi connectivity index (χ2n) is 5.74. The van der Waals surface area contributed by atoms with Gasteiger partial charge in [-0.05, 0) is 5.56 Å². The summed E-state index contributed by atoms with van der Waals surface area (Å²) in [7, 11) is 0. The molecule has 122 valence electrons. The maximum absolute atomic E-state index is 12.2. The number of ether oxygens (including phenoxy) is 1. The third kappa shape index (κ3) is 3.75. The molecular formula is C16H20N4O3. The molecule has 7 nitrogen and oxygen atoms in total. The van der Waals surface area contributed by atoms with Crippen molar-refractivity contribution in [3.63, 3.8) is 0 Å². The van der Waals surface area contributed by atoms with Crippen LogP contribution < -0.4 is 0 Å². The number of benzene rings is 1. The number of rotatable bonds is 6. The van der Waals surface area contributed by atoms with Gasteiger partial charge in [0.05, 0.1) is 32.4 Å². The molecule has 0 aliphatic carbocycles. The van der Waals surface area contributed by atoms with Crippen molar-refractivity contribution >= 4 is 5.91 Å². The minimum atomic E-state index is -1.10. The van der Waals surface area contributed by atoms with E-state index in [2.05, 4.69) is 15.4 Å². The molecule has 1 aromatic heterocycles. The molecule has 0 radical (unpaired) electrons. The highest BCUT2D eigenvalue weighted by Crippen LogP contribution is 2.30. The molecule has 2 heterocycles. The number of carbonyl (C=O) groups is 1. The van der Waals surface area contributed by atoms with E-state index in [9.17, 15) is 9.90 Å². The van der Waals surface area contributed by atoms with Crippen LogP contribution in [0.25, 0.3) is 0 Å². The van der Waals surface area contributed by atoms with Crippen LogP contribution in [0.2, 0.25) is 0 Å². The van der Waals surface area contributed by atoms with Gasteiger partial charge in [-0.25, -0.2) is 0 Å². The largest absolute Gasteiger partial charge is 0.381 e. The third-order valence-corrected chi connectivity index (χ3v) is 4.06. The standard InChI is InChI=1S/C16H20N4O3/c21-15(6-9-23-11-13-4-2-1-3-5-13)20-8-7-16(22,12-20)14-10-17-19-18-14/h1-5,10,22H,6-9,11-12H2,(H,17,18,19). The summed E-state index contributed by atoms with van der Waals surface area (Å²) < 4.78 is 5.54. The molecule has 1 aromatic carbocycles. The van der Waals surface area contributed by atoms with Gasteiger partial charge in [0.2, 0.25) is 5.91 Å². The molecule has 2 aromatic rings. The molecule has 3 rings (SSSR count). The number of amides is 1. The van der Waals surface area contributed by atoms with E-state index < -0.39 is 5.60 Å². The number of nitrogens with zero attached hydrogens (tertiary/aromatic N) is 3. The highest BCUT2D eigenvalue weighted by Gasteiger charge is 2.41. The summed E-state index contributed by atoms with van der Waals surface area (Å²) in [5.74, 6) is -0.0162. The highest BCUT2D eigenvalue weighted by molar-refractivity contribution is 5.76. The molecule has 1 aliphatic rings. The number of H-pyrrole nitrogens is 1.